The van der Waals surface area contributed by atoms with Gasteiger partial charge in [-0.2, -0.15) is 0 Å². The van der Waals surface area contributed by atoms with Crippen molar-refractivity contribution in [2.24, 2.45) is 5.41 Å². The summed E-state index contributed by atoms with van der Waals surface area (Å²) in [5.74, 6) is 0. The first-order valence-corrected chi connectivity index (χ1v) is 7.31. The molecule has 0 aliphatic heterocycles. The minimum atomic E-state index is 0.133. The van der Waals surface area contributed by atoms with Crippen LogP contribution in [-0.4, -0.2) is 5.54 Å². The van der Waals surface area contributed by atoms with Gasteiger partial charge in [0.1, 0.15) is 0 Å². The number of hydrogen-bond acceptors (Lipinski definition) is 2. The summed E-state index contributed by atoms with van der Waals surface area (Å²) >= 11 is 7.63. The van der Waals surface area contributed by atoms with Gasteiger partial charge in [0.05, 0.1) is 4.34 Å². The summed E-state index contributed by atoms with van der Waals surface area (Å²) in [4.78, 5) is 1.30. The normalized spacial score (nSPS) is 15.0. The van der Waals surface area contributed by atoms with Crippen LogP contribution < -0.4 is 5.32 Å². The molecule has 1 aromatic rings. The predicted molar refractivity (Wildman–Crippen MR) is 79.0 cm³/mol. The van der Waals surface area contributed by atoms with Crippen LogP contribution in [0.25, 0.3) is 0 Å². The van der Waals surface area contributed by atoms with E-state index in [1.165, 1.54) is 4.88 Å². The van der Waals surface area contributed by atoms with E-state index < -0.39 is 0 Å². The molecule has 0 bridgehead atoms. The molecule has 17 heavy (non-hydrogen) atoms. The van der Waals surface area contributed by atoms with Crippen molar-refractivity contribution in [1.29, 1.82) is 0 Å². The van der Waals surface area contributed by atoms with E-state index >= 15 is 0 Å². The summed E-state index contributed by atoms with van der Waals surface area (Å²) < 4.78 is 0.863. The lowest BCUT2D eigenvalue weighted by atomic mass is 9.81. The largest absolute Gasteiger partial charge is 0.304 e. The summed E-state index contributed by atoms with van der Waals surface area (Å²) in [6, 6.07) is 4.43. The Morgan fingerprint density at radius 1 is 1.24 bits per heavy atom. The lowest BCUT2D eigenvalue weighted by molar-refractivity contribution is 0.227. The van der Waals surface area contributed by atoms with Crippen LogP contribution in [0.15, 0.2) is 12.1 Å². The van der Waals surface area contributed by atoms with Gasteiger partial charge in [-0.25, -0.2) is 0 Å². The van der Waals surface area contributed by atoms with Crippen LogP contribution in [-0.2, 0) is 0 Å². The molecule has 98 valence electrons. The van der Waals surface area contributed by atoms with Gasteiger partial charge >= 0.3 is 0 Å². The second kappa shape index (κ2) is 5.29. The number of nitrogens with one attached hydrogen (secondary N) is 1. The third-order valence-electron chi connectivity index (χ3n) is 2.60. The zero-order chi connectivity index (χ0) is 13.3. The Morgan fingerprint density at radius 3 is 2.24 bits per heavy atom. The Morgan fingerprint density at radius 2 is 1.82 bits per heavy atom. The van der Waals surface area contributed by atoms with Crippen LogP contribution >= 0.6 is 22.9 Å². The number of halogens is 1. The van der Waals surface area contributed by atoms with Crippen LogP contribution in [0.2, 0.25) is 4.34 Å². The minimum absolute atomic E-state index is 0.133. The number of thiophene rings is 1. The van der Waals surface area contributed by atoms with E-state index in [0.717, 1.165) is 10.8 Å². The van der Waals surface area contributed by atoms with Gasteiger partial charge in [-0.1, -0.05) is 32.4 Å². The van der Waals surface area contributed by atoms with Crippen LogP contribution in [0.1, 0.15) is 58.9 Å². The molecule has 0 saturated heterocycles. The summed E-state index contributed by atoms with van der Waals surface area (Å²) in [5, 5.41) is 3.69. The zero-order valence-electron chi connectivity index (χ0n) is 11.7. The van der Waals surface area contributed by atoms with Crippen LogP contribution in [0.4, 0.5) is 0 Å². The molecular weight excluding hydrogens is 250 g/mol. The highest BCUT2D eigenvalue weighted by atomic mass is 35.5. The SMILES string of the molecule is CC(NC(C)(C)CC(C)(C)C)c1ccc(Cl)s1. The third kappa shape index (κ3) is 5.41. The van der Waals surface area contributed by atoms with E-state index in [9.17, 15) is 0 Å². The molecule has 3 heteroatoms. The van der Waals surface area contributed by atoms with Crippen molar-refractivity contribution in [3.63, 3.8) is 0 Å². The monoisotopic (exact) mass is 273 g/mol. The molecule has 1 heterocycles. The molecular formula is C14H24ClNS. The van der Waals surface area contributed by atoms with Gasteiger partial charge in [0, 0.05) is 16.5 Å². The third-order valence-corrected chi connectivity index (χ3v) is 4.01. The fourth-order valence-electron chi connectivity index (χ4n) is 2.60. The van der Waals surface area contributed by atoms with Gasteiger partial charge in [0.15, 0.2) is 0 Å². The van der Waals surface area contributed by atoms with E-state index in [4.69, 9.17) is 11.6 Å². The Labute approximate surface area is 115 Å². The number of rotatable bonds is 4. The fourth-order valence-corrected chi connectivity index (χ4v) is 3.66. The van der Waals surface area contributed by atoms with Crippen LogP contribution in [0, 0.1) is 5.41 Å². The summed E-state index contributed by atoms with van der Waals surface area (Å²) in [7, 11) is 0. The first-order chi connectivity index (χ1) is 7.59. The molecule has 0 fully saturated rings. The average Bonchev–Trinajstić information content (AvgIpc) is 2.45. The van der Waals surface area contributed by atoms with E-state index in [0.29, 0.717) is 11.5 Å². The molecule has 1 atom stereocenters. The van der Waals surface area contributed by atoms with Crippen molar-refractivity contribution in [2.45, 2.75) is 59.5 Å². The van der Waals surface area contributed by atoms with E-state index in [-0.39, 0.29) is 5.54 Å². The second-order valence-electron chi connectivity index (χ2n) is 6.63. The van der Waals surface area contributed by atoms with Gasteiger partial charge in [0.25, 0.3) is 0 Å². The Bertz CT molecular complexity index is 363. The molecule has 1 rings (SSSR count). The smallest absolute Gasteiger partial charge is 0.0931 e. The highest BCUT2D eigenvalue weighted by molar-refractivity contribution is 7.16. The Balaban J connectivity index is 2.64. The lowest BCUT2D eigenvalue weighted by Crippen LogP contribution is -2.43. The van der Waals surface area contributed by atoms with Gasteiger partial charge in [-0.05, 0) is 44.7 Å². The molecule has 0 saturated carbocycles. The predicted octanol–water partition coefficient (Wildman–Crippen LogP) is 5.27. The summed E-state index contributed by atoms with van der Waals surface area (Å²) in [5.41, 5.74) is 0.470. The fraction of sp³-hybridized carbons (Fsp3) is 0.714. The second-order valence-corrected chi connectivity index (χ2v) is 8.38. The zero-order valence-corrected chi connectivity index (χ0v) is 13.3. The average molecular weight is 274 g/mol. The number of hydrogen-bond donors (Lipinski definition) is 1. The maximum absolute atomic E-state index is 5.97. The maximum atomic E-state index is 5.97. The molecule has 0 amide bonds. The van der Waals surface area contributed by atoms with E-state index in [2.05, 4.69) is 52.9 Å². The van der Waals surface area contributed by atoms with E-state index in [1.54, 1.807) is 11.3 Å². The summed E-state index contributed by atoms with van der Waals surface area (Å²) in [6.45, 7) is 13.6. The Kier molecular flexibility index (Phi) is 4.67. The van der Waals surface area contributed by atoms with Gasteiger partial charge < -0.3 is 5.32 Å². The first-order valence-electron chi connectivity index (χ1n) is 6.12. The molecule has 0 aromatic carbocycles. The molecule has 0 aliphatic rings. The van der Waals surface area contributed by atoms with Crippen molar-refractivity contribution in [1.82, 2.24) is 5.32 Å². The highest BCUT2D eigenvalue weighted by Crippen LogP contribution is 2.31. The molecule has 1 unspecified atom stereocenters. The summed E-state index contributed by atoms with van der Waals surface area (Å²) in [6.07, 6.45) is 1.14. The standard InChI is InChI=1S/C14H24ClNS/c1-10(11-7-8-12(15)17-11)16-14(5,6)9-13(2,3)4/h7-8,10,16H,9H2,1-6H3. The molecule has 0 radical (unpaired) electrons. The molecule has 0 spiro atoms. The minimum Gasteiger partial charge on any atom is -0.304 e. The van der Waals surface area contributed by atoms with Crippen molar-refractivity contribution in [3.8, 4) is 0 Å². The van der Waals surface area contributed by atoms with Crippen molar-refractivity contribution in [2.75, 3.05) is 0 Å². The Hall–Kier alpha value is -0.0500. The maximum Gasteiger partial charge on any atom is 0.0931 e. The highest BCUT2D eigenvalue weighted by Gasteiger charge is 2.27. The first kappa shape index (κ1) is 15.0. The molecule has 1 N–H and O–H groups in total. The van der Waals surface area contributed by atoms with Crippen molar-refractivity contribution >= 4 is 22.9 Å². The van der Waals surface area contributed by atoms with Crippen LogP contribution in [0.5, 0.6) is 0 Å². The molecule has 0 aliphatic carbocycles. The molecule has 1 aromatic heterocycles. The quantitative estimate of drug-likeness (QED) is 0.788. The van der Waals surface area contributed by atoms with Gasteiger partial charge in [0.2, 0.25) is 0 Å². The molecule has 1 nitrogen and oxygen atoms in total. The van der Waals surface area contributed by atoms with Gasteiger partial charge in [-0.3, -0.25) is 0 Å². The van der Waals surface area contributed by atoms with E-state index in [1.807, 2.05) is 6.07 Å². The topological polar surface area (TPSA) is 12.0 Å². The van der Waals surface area contributed by atoms with Crippen LogP contribution in [0.3, 0.4) is 0 Å². The van der Waals surface area contributed by atoms with Crippen molar-refractivity contribution < 1.29 is 0 Å². The lowest BCUT2D eigenvalue weighted by Gasteiger charge is -2.35. The van der Waals surface area contributed by atoms with Gasteiger partial charge in [-0.15, -0.1) is 11.3 Å². The van der Waals surface area contributed by atoms with Crippen molar-refractivity contribution in [3.05, 3.63) is 21.3 Å².